The lowest BCUT2D eigenvalue weighted by Crippen LogP contribution is -2.46. The van der Waals surface area contributed by atoms with Crippen LogP contribution in [0, 0.1) is 6.92 Å². The molecule has 104 valence electrons. The third-order valence-electron chi connectivity index (χ3n) is 3.22. The van der Waals surface area contributed by atoms with E-state index in [2.05, 4.69) is 5.32 Å². The average molecular weight is 299 g/mol. The summed E-state index contributed by atoms with van der Waals surface area (Å²) in [6.45, 7) is 3.76. The fourth-order valence-electron chi connectivity index (χ4n) is 2.15. The Bertz CT molecular complexity index is 616. The first-order valence-electron chi connectivity index (χ1n) is 6.04. The Morgan fingerprint density at radius 1 is 1.53 bits per heavy atom. The molecule has 1 N–H and O–H groups in total. The molecule has 2 rings (SSSR count). The van der Waals surface area contributed by atoms with Gasteiger partial charge in [-0.1, -0.05) is 0 Å². The fourth-order valence-corrected chi connectivity index (χ4v) is 5.07. The van der Waals surface area contributed by atoms with Crippen LogP contribution in [0.15, 0.2) is 17.5 Å². The van der Waals surface area contributed by atoms with Gasteiger partial charge in [0.2, 0.25) is 5.91 Å². The topological polar surface area (TPSA) is 63.2 Å². The second-order valence-electron chi connectivity index (χ2n) is 5.19. The summed E-state index contributed by atoms with van der Waals surface area (Å²) < 4.78 is 22.9. The maximum absolute atomic E-state index is 11.8. The van der Waals surface area contributed by atoms with E-state index in [9.17, 15) is 13.2 Å². The average Bonchev–Trinajstić information content (AvgIpc) is 2.80. The molecule has 0 bridgehead atoms. The molecule has 0 radical (unpaired) electrons. The van der Waals surface area contributed by atoms with Gasteiger partial charge in [-0.2, -0.15) is 0 Å². The van der Waals surface area contributed by atoms with Crippen molar-refractivity contribution in [2.45, 2.75) is 25.8 Å². The van der Waals surface area contributed by atoms with Crippen LogP contribution in [-0.2, 0) is 14.6 Å². The molecule has 4 nitrogen and oxygen atoms in total. The molecule has 1 aliphatic heterocycles. The molecule has 0 spiro atoms. The van der Waals surface area contributed by atoms with Gasteiger partial charge in [0.25, 0.3) is 0 Å². The Labute approximate surface area is 117 Å². The smallest absolute Gasteiger partial charge is 0.244 e. The molecule has 0 aliphatic carbocycles. The minimum Gasteiger partial charge on any atom is -0.346 e. The number of carbonyl (C=O) groups excluding carboxylic acids is 1. The molecule has 1 saturated heterocycles. The zero-order valence-electron chi connectivity index (χ0n) is 11.0. The maximum Gasteiger partial charge on any atom is 0.244 e. The van der Waals surface area contributed by atoms with E-state index < -0.39 is 15.4 Å². The molecule has 1 unspecified atom stereocenters. The van der Waals surface area contributed by atoms with Gasteiger partial charge in [-0.15, -0.1) is 11.3 Å². The third kappa shape index (κ3) is 3.67. The van der Waals surface area contributed by atoms with Crippen LogP contribution < -0.4 is 5.32 Å². The van der Waals surface area contributed by atoms with Crippen LogP contribution in [-0.4, -0.2) is 31.4 Å². The van der Waals surface area contributed by atoms with E-state index in [1.165, 1.54) is 6.08 Å². The number of sulfone groups is 1. The van der Waals surface area contributed by atoms with Crippen LogP contribution in [0.4, 0.5) is 0 Å². The Morgan fingerprint density at radius 2 is 2.26 bits per heavy atom. The van der Waals surface area contributed by atoms with E-state index in [1.54, 1.807) is 24.3 Å². The van der Waals surface area contributed by atoms with Crippen LogP contribution in [0.25, 0.3) is 6.08 Å². The Hall–Kier alpha value is -1.14. The lowest BCUT2D eigenvalue weighted by Gasteiger charge is -2.22. The van der Waals surface area contributed by atoms with E-state index in [-0.39, 0.29) is 17.4 Å². The summed E-state index contributed by atoms with van der Waals surface area (Å²) >= 11 is 1.57. The Morgan fingerprint density at radius 3 is 2.79 bits per heavy atom. The number of carbonyl (C=O) groups is 1. The number of hydrogen-bond acceptors (Lipinski definition) is 4. The normalized spacial score (nSPS) is 25.8. The number of hydrogen-bond donors (Lipinski definition) is 1. The summed E-state index contributed by atoms with van der Waals surface area (Å²) in [4.78, 5) is 12.9. The maximum atomic E-state index is 11.8. The summed E-state index contributed by atoms with van der Waals surface area (Å²) in [7, 11) is -3.00. The monoisotopic (exact) mass is 299 g/mol. The zero-order valence-corrected chi connectivity index (χ0v) is 12.6. The summed E-state index contributed by atoms with van der Waals surface area (Å²) in [5.74, 6) is -0.0674. The highest BCUT2D eigenvalue weighted by atomic mass is 32.2. The highest BCUT2D eigenvalue weighted by Gasteiger charge is 2.38. The van der Waals surface area contributed by atoms with Gasteiger partial charge in [0.1, 0.15) is 0 Å². The van der Waals surface area contributed by atoms with E-state index in [1.807, 2.05) is 18.4 Å². The van der Waals surface area contributed by atoms with E-state index >= 15 is 0 Å². The van der Waals surface area contributed by atoms with Crippen molar-refractivity contribution >= 4 is 33.2 Å². The molecule has 1 fully saturated rings. The summed E-state index contributed by atoms with van der Waals surface area (Å²) in [6, 6.07) is 1.99. The van der Waals surface area contributed by atoms with Crippen molar-refractivity contribution in [3.8, 4) is 0 Å². The first-order chi connectivity index (χ1) is 8.80. The predicted octanol–water partition coefficient (Wildman–Crippen LogP) is 1.76. The van der Waals surface area contributed by atoms with Gasteiger partial charge >= 0.3 is 0 Å². The molecule has 0 aromatic carbocycles. The Balaban J connectivity index is 1.99. The molecular weight excluding hydrogens is 282 g/mol. The molecule has 19 heavy (non-hydrogen) atoms. The van der Waals surface area contributed by atoms with Crippen LogP contribution in [0.1, 0.15) is 23.8 Å². The molecule has 1 amide bonds. The molecular formula is C13H17NO3S2. The van der Waals surface area contributed by atoms with Crippen molar-refractivity contribution < 1.29 is 13.2 Å². The van der Waals surface area contributed by atoms with Crippen molar-refractivity contribution in [2.24, 2.45) is 0 Å². The number of rotatable bonds is 3. The molecule has 1 atom stereocenters. The lowest BCUT2D eigenvalue weighted by molar-refractivity contribution is -0.117. The van der Waals surface area contributed by atoms with Gasteiger partial charge in [0, 0.05) is 11.0 Å². The van der Waals surface area contributed by atoms with Gasteiger partial charge in [-0.3, -0.25) is 4.79 Å². The van der Waals surface area contributed by atoms with Crippen molar-refractivity contribution in [1.82, 2.24) is 5.32 Å². The standard InChI is InChI=1S/C13H17NO3S2/c1-10-5-7-18-11(10)3-4-12(15)14-13(2)6-8-19(16,17)9-13/h3-5,7H,6,8-9H2,1-2H3,(H,14,15). The van der Waals surface area contributed by atoms with Gasteiger partial charge < -0.3 is 5.32 Å². The quantitative estimate of drug-likeness (QED) is 0.865. The summed E-state index contributed by atoms with van der Waals surface area (Å²) in [5.41, 5.74) is 0.494. The lowest BCUT2D eigenvalue weighted by atomic mass is 10.0. The van der Waals surface area contributed by atoms with E-state index in [0.29, 0.717) is 6.42 Å². The second-order valence-corrected chi connectivity index (χ2v) is 8.32. The second kappa shape index (κ2) is 5.09. The zero-order chi connectivity index (χ0) is 14.1. The van der Waals surface area contributed by atoms with Crippen molar-refractivity contribution in [2.75, 3.05) is 11.5 Å². The minimum atomic E-state index is -3.00. The Kier molecular flexibility index (Phi) is 3.82. The molecule has 6 heteroatoms. The van der Waals surface area contributed by atoms with Crippen LogP contribution in [0.2, 0.25) is 0 Å². The van der Waals surface area contributed by atoms with Crippen molar-refractivity contribution in [3.05, 3.63) is 28.0 Å². The highest BCUT2D eigenvalue weighted by molar-refractivity contribution is 7.91. The predicted molar refractivity (Wildman–Crippen MR) is 77.9 cm³/mol. The molecule has 1 aromatic rings. The van der Waals surface area contributed by atoms with E-state index in [0.717, 1.165) is 10.4 Å². The third-order valence-corrected chi connectivity index (χ3v) is 6.10. The minimum absolute atomic E-state index is 0.0254. The van der Waals surface area contributed by atoms with Gasteiger partial charge in [-0.25, -0.2) is 8.42 Å². The first kappa shape index (κ1) is 14.3. The fraction of sp³-hybridized carbons (Fsp3) is 0.462. The molecule has 2 heterocycles. The van der Waals surface area contributed by atoms with Crippen LogP contribution in [0.3, 0.4) is 0 Å². The number of thiophene rings is 1. The highest BCUT2D eigenvalue weighted by Crippen LogP contribution is 2.23. The van der Waals surface area contributed by atoms with Gasteiger partial charge in [-0.05, 0) is 43.4 Å². The largest absolute Gasteiger partial charge is 0.346 e. The molecule has 1 aromatic heterocycles. The summed E-state index contributed by atoms with van der Waals surface area (Å²) in [6.07, 6.45) is 3.71. The van der Waals surface area contributed by atoms with Gasteiger partial charge in [0.05, 0.1) is 17.0 Å². The van der Waals surface area contributed by atoms with Gasteiger partial charge in [0.15, 0.2) is 9.84 Å². The van der Waals surface area contributed by atoms with E-state index in [4.69, 9.17) is 0 Å². The number of amides is 1. The van der Waals surface area contributed by atoms with Crippen LogP contribution >= 0.6 is 11.3 Å². The number of nitrogens with one attached hydrogen (secondary N) is 1. The first-order valence-corrected chi connectivity index (χ1v) is 8.75. The molecule has 0 saturated carbocycles. The van der Waals surface area contributed by atoms with Crippen molar-refractivity contribution in [1.29, 1.82) is 0 Å². The number of aryl methyl sites for hydroxylation is 1. The van der Waals surface area contributed by atoms with Crippen LogP contribution in [0.5, 0.6) is 0 Å². The summed E-state index contributed by atoms with van der Waals surface area (Å²) in [5, 5.41) is 4.76. The van der Waals surface area contributed by atoms with Crippen molar-refractivity contribution in [3.63, 3.8) is 0 Å². The molecule has 1 aliphatic rings. The SMILES string of the molecule is Cc1ccsc1C=CC(=O)NC1(C)CCS(=O)(=O)C1.